The van der Waals surface area contributed by atoms with Crippen molar-refractivity contribution in [3.63, 3.8) is 0 Å². The van der Waals surface area contributed by atoms with Gasteiger partial charge in [-0.15, -0.1) is 0 Å². The molecule has 102 valence electrons. The number of furan rings is 1. The molecular formula is C16H17N3O. The second kappa shape index (κ2) is 4.21. The number of nitrogens with one attached hydrogen (secondary N) is 1. The van der Waals surface area contributed by atoms with Gasteiger partial charge in [-0.05, 0) is 42.7 Å². The summed E-state index contributed by atoms with van der Waals surface area (Å²) in [5.74, 6) is 1.99. The average molecular weight is 267 g/mol. The first-order valence-corrected chi connectivity index (χ1v) is 7.03. The number of aromatic nitrogens is 2. The lowest BCUT2D eigenvalue weighted by atomic mass is 10.1. The second-order valence-corrected chi connectivity index (χ2v) is 5.65. The Hall–Kier alpha value is -2.07. The SMILES string of the molecule is NC1(c2ccc3nc(CCc4ccco4)[nH]c3c2)CC1. The Kier molecular flexibility index (Phi) is 2.47. The van der Waals surface area contributed by atoms with Crippen LogP contribution in [0.5, 0.6) is 0 Å². The Morgan fingerprint density at radius 2 is 2.15 bits per heavy atom. The van der Waals surface area contributed by atoms with E-state index < -0.39 is 0 Å². The van der Waals surface area contributed by atoms with Crippen molar-refractivity contribution in [2.45, 2.75) is 31.2 Å². The third-order valence-electron chi connectivity index (χ3n) is 4.08. The maximum absolute atomic E-state index is 6.24. The Labute approximate surface area is 117 Å². The molecule has 4 rings (SSSR count). The lowest BCUT2D eigenvalue weighted by Gasteiger charge is -2.07. The van der Waals surface area contributed by atoms with Crippen molar-refractivity contribution in [3.05, 3.63) is 53.7 Å². The zero-order valence-corrected chi connectivity index (χ0v) is 11.2. The van der Waals surface area contributed by atoms with Gasteiger partial charge >= 0.3 is 0 Å². The molecule has 0 saturated heterocycles. The summed E-state index contributed by atoms with van der Waals surface area (Å²) in [4.78, 5) is 8.01. The van der Waals surface area contributed by atoms with Crippen LogP contribution in [0.15, 0.2) is 41.0 Å². The number of hydrogen-bond donors (Lipinski definition) is 2. The average Bonchev–Trinajstić information content (AvgIpc) is 2.93. The van der Waals surface area contributed by atoms with Gasteiger partial charge in [0, 0.05) is 18.4 Å². The van der Waals surface area contributed by atoms with Gasteiger partial charge in [-0.1, -0.05) is 6.07 Å². The summed E-state index contributed by atoms with van der Waals surface area (Å²) in [6.07, 6.45) is 5.58. The summed E-state index contributed by atoms with van der Waals surface area (Å²) in [6.45, 7) is 0. The highest BCUT2D eigenvalue weighted by atomic mass is 16.3. The van der Waals surface area contributed by atoms with Crippen LogP contribution >= 0.6 is 0 Å². The predicted molar refractivity (Wildman–Crippen MR) is 77.3 cm³/mol. The lowest BCUT2D eigenvalue weighted by Crippen LogP contribution is -2.18. The van der Waals surface area contributed by atoms with Gasteiger partial charge in [0.1, 0.15) is 11.6 Å². The quantitative estimate of drug-likeness (QED) is 0.763. The van der Waals surface area contributed by atoms with E-state index in [9.17, 15) is 0 Å². The lowest BCUT2D eigenvalue weighted by molar-refractivity contribution is 0.507. The number of benzene rings is 1. The summed E-state index contributed by atoms with van der Waals surface area (Å²) >= 11 is 0. The summed E-state index contributed by atoms with van der Waals surface area (Å²) in [7, 11) is 0. The number of aryl methyl sites for hydroxylation is 2. The molecule has 1 saturated carbocycles. The van der Waals surface area contributed by atoms with Gasteiger partial charge in [-0.3, -0.25) is 0 Å². The van der Waals surface area contributed by atoms with Gasteiger partial charge in [-0.2, -0.15) is 0 Å². The van der Waals surface area contributed by atoms with Crippen molar-refractivity contribution in [2.75, 3.05) is 0 Å². The van der Waals surface area contributed by atoms with Gasteiger partial charge in [0.15, 0.2) is 0 Å². The van der Waals surface area contributed by atoms with Crippen molar-refractivity contribution in [1.82, 2.24) is 9.97 Å². The van der Waals surface area contributed by atoms with Crippen LogP contribution in [0.25, 0.3) is 11.0 Å². The maximum Gasteiger partial charge on any atom is 0.107 e. The monoisotopic (exact) mass is 267 g/mol. The number of hydrogen-bond acceptors (Lipinski definition) is 3. The molecule has 3 N–H and O–H groups in total. The Balaban J connectivity index is 1.58. The maximum atomic E-state index is 6.24. The first kappa shape index (κ1) is 11.7. The molecule has 0 spiro atoms. The molecule has 1 aliphatic carbocycles. The van der Waals surface area contributed by atoms with Gasteiger partial charge in [0.05, 0.1) is 17.3 Å². The van der Waals surface area contributed by atoms with Crippen LogP contribution in [0.1, 0.15) is 30.0 Å². The number of nitrogens with zero attached hydrogens (tertiary/aromatic N) is 1. The fourth-order valence-corrected chi connectivity index (χ4v) is 2.61. The van der Waals surface area contributed by atoms with E-state index in [0.29, 0.717) is 0 Å². The minimum Gasteiger partial charge on any atom is -0.469 e. The number of H-pyrrole nitrogens is 1. The predicted octanol–water partition coefficient (Wildman–Crippen LogP) is 2.89. The third-order valence-corrected chi connectivity index (χ3v) is 4.08. The van der Waals surface area contributed by atoms with Crippen LogP contribution in [-0.2, 0) is 18.4 Å². The van der Waals surface area contributed by atoms with Gasteiger partial charge in [0.2, 0.25) is 0 Å². The normalized spacial score (nSPS) is 16.6. The molecule has 1 aromatic carbocycles. The minimum absolute atomic E-state index is 0.0897. The zero-order valence-electron chi connectivity index (χ0n) is 11.2. The summed E-state index contributed by atoms with van der Waals surface area (Å²) < 4.78 is 5.34. The number of rotatable bonds is 4. The smallest absolute Gasteiger partial charge is 0.107 e. The number of nitrogens with two attached hydrogens (primary N) is 1. The minimum atomic E-state index is -0.0897. The molecule has 20 heavy (non-hydrogen) atoms. The molecule has 0 unspecified atom stereocenters. The molecule has 3 aromatic rings. The molecule has 0 bridgehead atoms. The largest absolute Gasteiger partial charge is 0.469 e. The van der Waals surface area contributed by atoms with Crippen LogP contribution in [0.2, 0.25) is 0 Å². The van der Waals surface area contributed by atoms with Crippen molar-refractivity contribution in [3.8, 4) is 0 Å². The Bertz CT molecular complexity index is 738. The van der Waals surface area contributed by atoms with Crippen LogP contribution in [0.4, 0.5) is 0 Å². The van der Waals surface area contributed by atoms with Crippen LogP contribution in [0, 0.1) is 0 Å². The summed E-state index contributed by atoms with van der Waals surface area (Å²) in [6, 6.07) is 10.2. The van der Waals surface area contributed by atoms with Gasteiger partial charge in [-0.25, -0.2) is 4.98 Å². The first-order valence-electron chi connectivity index (χ1n) is 7.03. The highest BCUT2D eigenvalue weighted by Crippen LogP contribution is 2.43. The summed E-state index contributed by atoms with van der Waals surface area (Å²) in [5, 5.41) is 0. The van der Waals surface area contributed by atoms with Crippen LogP contribution in [0.3, 0.4) is 0 Å². The van der Waals surface area contributed by atoms with Gasteiger partial charge < -0.3 is 15.1 Å². The molecule has 0 aliphatic heterocycles. The molecule has 0 amide bonds. The Morgan fingerprint density at radius 3 is 2.90 bits per heavy atom. The molecule has 4 heteroatoms. The van der Waals surface area contributed by atoms with E-state index in [2.05, 4.69) is 28.2 Å². The standard InChI is InChI=1S/C16H17N3O/c17-16(7-8-16)11-3-5-13-14(10-11)19-15(18-13)6-4-12-2-1-9-20-12/h1-3,5,9-10H,4,6-8,17H2,(H,18,19). The molecule has 0 atom stereocenters. The molecule has 4 nitrogen and oxygen atoms in total. The molecule has 0 radical (unpaired) electrons. The highest BCUT2D eigenvalue weighted by molar-refractivity contribution is 5.76. The van der Waals surface area contributed by atoms with Crippen molar-refractivity contribution >= 4 is 11.0 Å². The van der Waals surface area contributed by atoms with Crippen molar-refractivity contribution in [2.24, 2.45) is 5.73 Å². The molecule has 1 aliphatic rings. The van der Waals surface area contributed by atoms with Crippen molar-refractivity contribution < 1.29 is 4.42 Å². The molecule has 1 fully saturated rings. The van der Waals surface area contributed by atoms with E-state index in [1.54, 1.807) is 6.26 Å². The highest BCUT2D eigenvalue weighted by Gasteiger charge is 2.40. The van der Waals surface area contributed by atoms with E-state index in [1.165, 1.54) is 5.56 Å². The van der Waals surface area contributed by atoms with E-state index in [4.69, 9.17) is 10.2 Å². The molecular weight excluding hydrogens is 250 g/mol. The van der Waals surface area contributed by atoms with Crippen molar-refractivity contribution in [1.29, 1.82) is 0 Å². The van der Waals surface area contributed by atoms with Crippen LogP contribution in [-0.4, -0.2) is 9.97 Å². The Morgan fingerprint density at radius 1 is 1.25 bits per heavy atom. The number of imidazole rings is 1. The van der Waals surface area contributed by atoms with E-state index in [-0.39, 0.29) is 5.54 Å². The number of fused-ring (bicyclic) bond motifs is 1. The third kappa shape index (κ3) is 2.02. The first-order chi connectivity index (χ1) is 9.73. The molecule has 2 heterocycles. The number of aromatic amines is 1. The summed E-state index contributed by atoms with van der Waals surface area (Å²) in [5.41, 5.74) is 9.45. The fourth-order valence-electron chi connectivity index (χ4n) is 2.61. The van der Waals surface area contributed by atoms with E-state index in [1.807, 2.05) is 12.1 Å². The van der Waals surface area contributed by atoms with Gasteiger partial charge in [0.25, 0.3) is 0 Å². The second-order valence-electron chi connectivity index (χ2n) is 5.65. The van der Waals surface area contributed by atoms with E-state index >= 15 is 0 Å². The topological polar surface area (TPSA) is 67.8 Å². The zero-order chi connectivity index (χ0) is 13.6. The van der Waals surface area contributed by atoms with Crippen LogP contribution < -0.4 is 5.73 Å². The fraction of sp³-hybridized carbons (Fsp3) is 0.312. The molecule has 2 aromatic heterocycles. The van der Waals surface area contributed by atoms with E-state index in [0.717, 1.165) is 48.3 Å².